The molecule has 0 saturated carbocycles. The van der Waals surface area contributed by atoms with Gasteiger partial charge in [-0.3, -0.25) is 14.4 Å². The lowest BCUT2D eigenvalue weighted by Crippen LogP contribution is -2.55. The predicted octanol–water partition coefficient (Wildman–Crippen LogP) is 2.18. The number of esters is 1. The first-order chi connectivity index (χ1) is 16.4. The number of aliphatic hydroxyl groups is 1. The molecular formula is C26H36N2O6. The summed E-state index contributed by atoms with van der Waals surface area (Å²) < 4.78 is 12.0. The van der Waals surface area contributed by atoms with E-state index in [1.165, 1.54) is 0 Å². The molecule has 5 atom stereocenters. The highest BCUT2D eigenvalue weighted by Gasteiger charge is 2.78. The van der Waals surface area contributed by atoms with Crippen LogP contribution in [0.2, 0.25) is 0 Å². The Morgan fingerprint density at radius 2 is 1.94 bits per heavy atom. The van der Waals surface area contributed by atoms with Crippen molar-refractivity contribution in [1.82, 2.24) is 10.2 Å². The molecule has 0 aromatic heterocycles. The Balaban J connectivity index is 1.64. The van der Waals surface area contributed by atoms with Crippen molar-refractivity contribution in [2.45, 2.75) is 76.2 Å². The highest BCUT2D eigenvalue weighted by molar-refractivity contribution is 5.98. The maximum absolute atomic E-state index is 13.8. The van der Waals surface area contributed by atoms with Crippen molar-refractivity contribution in [2.24, 2.45) is 11.8 Å². The van der Waals surface area contributed by atoms with Gasteiger partial charge in [0, 0.05) is 19.7 Å². The Hall–Kier alpha value is -2.45. The molecule has 0 aliphatic carbocycles. The number of amides is 2. The van der Waals surface area contributed by atoms with E-state index in [2.05, 4.69) is 5.32 Å². The molecule has 3 aliphatic heterocycles. The number of nitrogens with one attached hydrogen (secondary N) is 1. The molecule has 1 aromatic rings. The zero-order valence-electron chi connectivity index (χ0n) is 20.1. The molecule has 4 rings (SSSR count). The maximum atomic E-state index is 13.8. The fourth-order valence-electron chi connectivity index (χ4n) is 6.30. The van der Waals surface area contributed by atoms with E-state index in [9.17, 15) is 14.4 Å². The van der Waals surface area contributed by atoms with Gasteiger partial charge in [0.2, 0.25) is 11.8 Å². The van der Waals surface area contributed by atoms with Gasteiger partial charge in [0.15, 0.2) is 0 Å². The number of rotatable bonds is 11. The smallest absolute Gasteiger partial charge is 0.312 e. The number of carbonyl (C=O) groups excluding carboxylic acids is 3. The van der Waals surface area contributed by atoms with E-state index in [1.54, 1.807) is 11.8 Å². The van der Waals surface area contributed by atoms with Gasteiger partial charge in [0.05, 0.1) is 18.1 Å². The van der Waals surface area contributed by atoms with Crippen LogP contribution in [0.1, 0.15) is 57.9 Å². The molecule has 34 heavy (non-hydrogen) atoms. The third-order valence-electron chi connectivity index (χ3n) is 7.84. The van der Waals surface area contributed by atoms with Crippen LogP contribution in [0.5, 0.6) is 0 Å². The van der Waals surface area contributed by atoms with Gasteiger partial charge < -0.3 is 24.8 Å². The number of hydrogen-bond acceptors (Lipinski definition) is 6. The van der Waals surface area contributed by atoms with Crippen LogP contribution in [0.25, 0.3) is 0 Å². The summed E-state index contributed by atoms with van der Waals surface area (Å²) in [6, 6.07) is 8.83. The summed E-state index contributed by atoms with van der Waals surface area (Å²) in [6.07, 6.45) is 3.82. The molecule has 186 valence electrons. The van der Waals surface area contributed by atoms with Crippen LogP contribution in [-0.4, -0.2) is 64.8 Å². The number of fused-ring (bicyclic) bond motifs is 1. The second-order valence-corrected chi connectivity index (χ2v) is 9.60. The zero-order valence-corrected chi connectivity index (χ0v) is 20.1. The topological polar surface area (TPSA) is 105 Å². The standard InChI is InChI=1S/C26H36N2O6/c1-3-25-13-14-26(34-25)19(20(25)24(32)33-4-2)23(31)28(15-9-6-10-16-29)21(26)22(30)27-17-18-11-7-5-8-12-18/h5,7-8,11-12,19-21,29H,3-4,6,9-10,13-17H2,1-2H3,(H,27,30)/t19-,20+,21?,25-,26?/m0/s1. The lowest BCUT2D eigenvalue weighted by molar-refractivity contribution is -0.160. The number of carbonyl (C=O) groups is 3. The summed E-state index contributed by atoms with van der Waals surface area (Å²) in [4.78, 5) is 42.2. The summed E-state index contributed by atoms with van der Waals surface area (Å²) in [5, 5.41) is 12.1. The quantitative estimate of drug-likeness (QED) is 0.378. The second kappa shape index (κ2) is 10.0. The van der Waals surface area contributed by atoms with E-state index in [4.69, 9.17) is 14.6 Å². The molecule has 3 saturated heterocycles. The van der Waals surface area contributed by atoms with Crippen LogP contribution < -0.4 is 5.32 Å². The molecule has 3 aliphatic rings. The Morgan fingerprint density at radius 3 is 2.62 bits per heavy atom. The molecule has 1 aromatic carbocycles. The number of nitrogens with zero attached hydrogens (tertiary/aromatic N) is 1. The lowest BCUT2D eigenvalue weighted by atomic mass is 9.65. The van der Waals surface area contributed by atoms with E-state index >= 15 is 0 Å². The van der Waals surface area contributed by atoms with Gasteiger partial charge in [-0.15, -0.1) is 0 Å². The summed E-state index contributed by atoms with van der Waals surface area (Å²) in [7, 11) is 0. The van der Waals surface area contributed by atoms with Crippen molar-refractivity contribution in [1.29, 1.82) is 0 Å². The molecule has 2 amide bonds. The third-order valence-corrected chi connectivity index (χ3v) is 7.84. The number of benzene rings is 1. The number of hydrogen-bond donors (Lipinski definition) is 2. The predicted molar refractivity (Wildman–Crippen MR) is 124 cm³/mol. The third kappa shape index (κ3) is 4.01. The average molecular weight is 473 g/mol. The van der Waals surface area contributed by atoms with Crippen LogP contribution in [-0.2, 0) is 30.4 Å². The van der Waals surface area contributed by atoms with Crippen LogP contribution in [0.4, 0.5) is 0 Å². The van der Waals surface area contributed by atoms with Crippen molar-refractivity contribution in [2.75, 3.05) is 19.8 Å². The van der Waals surface area contributed by atoms with Crippen LogP contribution in [0.3, 0.4) is 0 Å². The van der Waals surface area contributed by atoms with Crippen LogP contribution in [0, 0.1) is 11.8 Å². The maximum Gasteiger partial charge on any atom is 0.312 e. The SMILES string of the molecule is CCOC(=O)[C@H]1[C@H]2C(=O)N(CCCCCO)C(C(=O)NCc3ccccc3)C23CC[C@]1(CC)O3. The first-order valence-electron chi connectivity index (χ1n) is 12.5. The summed E-state index contributed by atoms with van der Waals surface area (Å²) in [6.45, 7) is 4.78. The summed E-state index contributed by atoms with van der Waals surface area (Å²) in [5.41, 5.74) is -0.828. The minimum absolute atomic E-state index is 0.0918. The second-order valence-electron chi connectivity index (χ2n) is 9.60. The highest BCUT2D eigenvalue weighted by Crippen LogP contribution is 2.64. The minimum atomic E-state index is -1.03. The molecule has 8 nitrogen and oxygen atoms in total. The van der Waals surface area contributed by atoms with Crippen molar-refractivity contribution in [3.63, 3.8) is 0 Å². The number of unbranched alkanes of at least 4 members (excludes halogenated alkanes) is 2. The lowest BCUT2D eigenvalue weighted by Gasteiger charge is -2.33. The Morgan fingerprint density at radius 1 is 1.18 bits per heavy atom. The largest absolute Gasteiger partial charge is 0.466 e. The molecule has 0 radical (unpaired) electrons. The number of likely N-dealkylation sites (tertiary alicyclic amines) is 1. The molecule has 8 heteroatoms. The van der Waals surface area contributed by atoms with E-state index in [0.29, 0.717) is 45.2 Å². The monoisotopic (exact) mass is 472 g/mol. The molecule has 3 fully saturated rings. The molecule has 2 unspecified atom stereocenters. The van der Waals surface area contributed by atoms with E-state index in [-0.39, 0.29) is 25.0 Å². The molecule has 2 N–H and O–H groups in total. The highest BCUT2D eigenvalue weighted by atomic mass is 16.6. The van der Waals surface area contributed by atoms with Crippen LogP contribution >= 0.6 is 0 Å². The fourth-order valence-corrected chi connectivity index (χ4v) is 6.30. The number of ether oxygens (including phenoxy) is 2. The Labute approximate surface area is 201 Å². The van der Waals surface area contributed by atoms with Gasteiger partial charge in [-0.05, 0) is 51.0 Å². The first-order valence-corrected chi connectivity index (χ1v) is 12.5. The average Bonchev–Trinajstić information content (AvgIpc) is 3.45. The Kier molecular flexibility index (Phi) is 7.28. The van der Waals surface area contributed by atoms with Gasteiger partial charge in [0.1, 0.15) is 17.6 Å². The minimum Gasteiger partial charge on any atom is -0.466 e. The van der Waals surface area contributed by atoms with Gasteiger partial charge >= 0.3 is 5.97 Å². The van der Waals surface area contributed by atoms with E-state index in [1.807, 2.05) is 37.3 Å². The van der Waals surface area contributed by atoms with E-state index < -0.39 is 35.0 Å². The van der Waals surface area contributed by atoms with Gasteiger partial charge in [0.25, 0.3) is 0 Å². The molecule has 1 spiro atoms. The van der Waals surface area contributed by atoms with Gasteiger partial charge in [-0.25, -0.2) is 0 Å². The van der Waals surface area contributed by atoms with Crippen molar-refractivity contribution >= 4 is 17.8 Å². The molecule has 3 heterocycles. The number of aliphatic hydroxyl groups excluding tert-OH is 1. The molecule has 2 bridgehead atoms. The van der Waals surface area contributed by atoms with E-state index in [0.717, 1.165) is 12.0 Å². The van der Waals surface area contributed by atoms with Crippen molar-refractivity contribution < 1.29 is 29.0 Å². The van der Waals surface area contributed by atoms with Gasteiger partial charge in [-0.1, -0.05) is 37.3 Å². The zero-order chi connectivity index (χ0) is 24.3. The summed E-state index contributed by atoms with van der Waals surface area (Å²) >= 11 is 0. The Bertz CT molecular complexity index is 908. The first kappa shape index (κ1) is 24.7. The van der Waals surface area contributed by atoms with Gasteiger partial charge in [-0.2, -0.15) is 0 Å². The normalized spacial score (nSPS) is 31.6. The summed E-state index contributed by atoms with van der Waals surface area (Å²) in [5.74, 6) is -2.28. The molecular weight excluding hydrogens is 436 g/mol. The van der Waals surface area contributed by atoms with Crippen molar-refractivity contribution in [3.8, 4) is 0 Å². The fraction of sp³-hybridized carbons (Fsp3) is 0.654. The van der Waals surface area contributed by atoms with Crippen molar-refractivity contribution in [3.05, 3.63) is 35.9 Å². The van der Waals surface area contributed by atoms with Crippen LogP contribution in [0.15, 0.2) is 30.3 Å².